The maximum Gasteiger partial charge on any atom is 0.335 e. The molecule has 0 aliphatic heterocycles. The van der Waals surface area contributed by atoms with Gasteiger partial charge in [-0.2, -0.15) is 4.39 Å². The molecule has 0 unspecified atom stereocenters. The van der Waals surface area contributed by atoms with Gasteiger partial charge in [-0.1, -0.05) is 18.7 Å². The minimum Gasteiger partial charge on any atom is -0.505 e. The van der Waals surface area contributed by atoms with Crippen molar-refractivity contribution in [3.63, 3.8) is 0 Å². The van der Waals surface area contributed by atoms with Gasteiger partial charge in [0.25, 0.3) is 0 Å². The third kappa shape index (κ3) is 2.66. The zero-order valence-electron chi connectivity index (χ0n) is 10.3. The number of hydrogen-bond acceptors (Lipinski definition) is 3. The normalized spacial score (nSPS) is 10.1. The third-order valence-corrected chi connectivity index (χ3v) is 2.61. The highest BCUT2D eigenvalue weighted by Crippen LogP contribution is 2.30. The molecule has 2 aromatic rings. The Hall–Kier alpha value is -2.69. The van der Waals surface area contributed by atoms with Crippen LogP contribution in [0.25, 0.3) is 11.1 Å². The first-order valence-electron chi connectivity index (χ1n) is 5.64. The number of hydrogen-bond donors (Lipinski definition) is 1. The first kappa shape index (κ1) is 13.7. The molecule has 0 saturated heterocycles. The van der Waals surface area contributed by atoms with Gasteiger partial charge in [0.05, 0.1) is 0 Å². The maximum absolute atomic E-state index is 13.7. The summed E-state index contributed by atoms with van der Waals surface area (Å²) >= 11 is 0. The number of aromatic hydroxyl groups is 1. The van der Waals surface area contributed by atoms with E-state index in [4.69, 9.17) is 9.84 Å². The summed E-state index contributed by atoms with van der Waals surface area (Å²) in [5, 5.41) is 9.06. The number of phenols is 1. The summed E-state index contributed by atoms with van der Waals surface area (Å²) in [6.45, 7) is 3.26. The number of benzene rings is 2. The lowest BCUT2D eigenvalue weighted by atomic mass is 10.0. The fourth-order valence-corrected chi connectivity index (χ4v) is 1.62. The van der Waals surface area contributed by atoms with Crippen molar-refractivity contribution in [2.45, 2.75) is 0 Å². The molecular weight excluding hydrogens is 266 g/mol. The van der Waals surface area contributed by atoms with Gasteiger partial charge in [-0.05, 0) is 29.8 Å². The van der Waals surface area contributed by atoms with Gasteiger partial charge in [0.15, 0.2) is 11.6 Å². The Morgan fingerprint density at radius 2 is 1.75 bits per heavy atom. The van der Waals surface area contributed by atoms with Crippen LogP contribution in [0.3, 0.4) is 0 Å². The van der Waals surface area contributed by atoms with Gasteiger partial charge < -0.3 is 9.84 Å². The molecule has 0 amide bonds. The summed E-state index contributed by atoms with van der Waals surface area (Å²) in [5.41, 5.74) is 0.390. The number of rotatable bonds is 3. The zero-order valence-corrected chi connectivity index (χ0v) is 10.3. The van der Waals surface area contributed by atoms with Crippen molar-refractivity contribution in [3.05, 3.63) is 60.7 Å². The van der Waals surface area contributed by atoms with Crippen LogP contribution >= 0.6 is 0 Å². The van der Waals surface area contributed by atoms with E-state index in [-0.39, 0.29) is 11.3 Å². The summed E-state index contributed by atoms with van der Waals surface area (Å²) < 4.78 is 31.8. The second-order valence-electron chi connectivity index (χ2n) is 3.91. The molecule has 0 atom stereocenters. The summed E-state index contributed by atoms with van der Waals surface area (Å²) in [4.78, 5) is 11.0. The van der Waals surface area contributed by atoms with Crippen molar-refractivity contribution in [2.24, 2.45) is 0 Å². The average Bonchev–Trinajstić information content (AvgIpc) is 2.46. The second kappa shape index (κ2) is 5.52. The maximum atomic E-state index is 13.7. The number of carbonyl (C=O) groups excluding carboxylic acids is 1. The first-order chi connectivity index (χ1) is 9.52. The monoisotopic (exact) mass is 276 g/mol. The highest BCUT2D eigenvalue weighted by molar-refractivity contribution is 5.83. The minimum absolute atomic E-state index is 0.00176. The van der Waals surface area contributed by atoms with E-state index in [1.165, 1.54) is 30.3 Å². The van der Waals surface area contributed by atoms with Crippen molar-refractivity contribution in [3.8, 4) is 22.6 Å². The molecule has 1 N–H and O–H groups in total. The molecular formula is C15H10F2O3. The summed E-state index contributed by atoms with van der Waals surface area (Å²) in [6, 6.07) is 8.17. The van der Waals surface area contributed by atoms with Crippen LogP contribution in [0.15, 0.2) is 49.1 Å². The second-order valence-corrected chi connectivity index (χ2v) is 3.91. The quantitative estimate of drug-likeness (QED) is 0.530. The predicted molar refractivity (Wildman–Crippen MR) is 69.3 cm³/mol. The van der Waals surface area contributed by atoms with Crippen molar-refractivity contribution in [2.75, 3.05) is 0 Å². The molecule has 0 aliphatic rings. The topological polar surface area (TPSA) is 46.5 Å². The Bertz CT molecular complexity index is 664. The fourth-order valence-electron chi connectivity index (χ4n) is 1.62. The first-order valence-corrected chi connectivity index (χ1v) is 5.64. The molecule has 0 fully saturated rings. The Morgan fingerprint density at radius 3 is 2.35 bits per heavy atom. The third-order valence-electron chi connectivity index (χ3n) is 2.61. The molecule has 0 saturated carbocycles. The van der Waals surface area contributed by atoms with E-state index in [1.807, 2.05) is 0 Å². The van der Waals surface area contributed by atoms with Gasteiger partial charge in [-0.25, -0.2) is 9.18 Å². The molecule has 2 rings (SSSR count). The van der Waals surface area contributed by atoms with E-state index < -0.39 is 23.4 Å². The predicted octanol–water partition coefficient (Wildman–Crippen LogP) is 3.43. The van der Waals surface area contributed by atoms with E-state index in [0.717, 1.165) is 12.1 Å². The standard InChI is InChI=1S/C15H10F2O3/c1-2-13(19)20-10-5-3-9(4-6-10)11-7-8-12(18)15(17)14(11)16/h2-8,18H,1H2. The number of ether oxygens (including phenoxy) is 1. The van der Waals surface area contributed by atoms with Crippen LogP contribution in [-0.2, 0) is 4.79 Å². The molecule has 0 bridgehead atoms. The van der Waals surface area contributed by atoms with E-state index in [9.17, 15) is 13.6 Å². The van der Waals surface area contributed by atoms with Gasteiger partial charge in [-0.3, -0.25) is 0 Å². The van der Waals surface area contributed by atoms with Gasteiger partial charge >= 0.3 is 5.97 Å². The Kier molecular flexibility index (Phi) is 3.79. The molecule has 0 radical (unpaired) electrons. The van der Waals surface area contributed by atoms with Crippen LogP contribution in [-0.4, -0.2) is 11.1 Å². The van der Waals surface area contributed by atoms with Crippen LogP contribution in [0.4, 0.5) is 8.78 Å². The molecule has 5 heteroatoms. The largest absolute Gasteiger partial charge is 0.505 e. The Labute approximate surface area is 113 Å². The van der Waals surface area contributed by atoms with Crippen LogP contribution in [0.1, 0.15) is 0 Å². The molecule has 3 nitrogen and oxygen atoms in total. The molecule has 0 aromatic heterocycles. The average molecular weight is 276 g/mol. The molecule has 0 heterocycles. The number of halogens is 2. The number of carbonyl (C=O) groups is 1. The number of esters is 1. The van der Waals surface area contributed by atoms with E-state index in [0.29, 0.717) is 5.56 Å². The van der Waals surface area contributed by atoms with Crippen LogP contribution in [0, 0.1) is 11.6 Å². The minimum atomic E-state index is -1.30. The Morgan fingerprint density at radius 1 is 1.10 bits per heavy atom. The molecule has 20 heavy (non-hydrogen) atoms. The fraction of sp³-hybridized carbons (Fsp3) is 0. The van der Waals surface area contributed by atoms with E-state index >= 15 is 0 Å². The van der Waals surface area contributed by atoms with E-state index in [1.54, 1.807) is 0 Å². The van der Waals surface area contributed by atoms with Gasteiger partial charge in [-0.15, -0.1) is 0 Å². The summed E-state index contributed by atoms with van der Waals surface area (Å²) in [6.07, 6.45) is 1.02. The molecule has 2 aromatic carbocycles. The molecule has 102 valence electrons. The van der Waals surface area contributed by atoms with Crippen LogP contribution < -0.4 is 4.74 Å². The smallest absolute Gasteiger partial charge is 0.335 e. The van der Waals surface area contributed by atoms with Crippen molar-refractivity contribution in [1.29, 1.82) is 0 Å². The van der Waals surface area contributed by atoms with Crippen molar-refractivity contribution >= 4 is 5.97 Å². The van der Waals surface area contributed by atoms with Gasteiger partial charge in [0, 0.05) is 11.6 Å². The SMILES string of the molecule is C=CC(=O)Oc1ccc(-c2ccc(O)c(F)c2F)cc1. The lowest BCUT2D eigenvalue weighted by Crippen LogP contribution is -2.02. The number of phenolic OH excluding ortho intramolecular Hbond substituents is 1. The summed E-state index contributed by atoms with van der Waals surface area (Å²) in [5.74, 6) is -3.54. The summed E-state index contributed by atoms with van der Waals surface area (Å²) in [7, 11) is 0. The van der Waals surface area contributed by atoms with Crippen molar-refractivity contribution in [1.82, 2.24) is 0 Å². The zero-order chi connectivity index (χ0) is 14.7. The van der Waals surface area contributed by atoms with Crippen LogP contribution in [0.5, 0.6) is 11.5 Å². The lowest BCUT2D eigenvalue weighted by Gasteiger charge is -2.07. The van der Waals surface area contributed by atoms with Crippen LogP contribution in [0.2, 0.25) is 0 Å². The highest BCUT2D eigenvalue weighted by atomic mass is 19.2. The van der Waals surface area contributed by atoms with Gasteiger partial charge in [0.1, 0.15) is 5.75 Å². The molecule has 0 spiro atoms. The van der Waals surface area contributed by atoms with E-state index in [2.05, 4.69) is 6.58 Å². The lowest BCUT2D eigenvalue weighted by molar-refractivity contribution is -0.128. The van der Waals surface area contributed by atoms with Crippen molar-refractivity contribution < 1.29 is 23.4 Å². The highest BCUT2D eigenvalue weighted by Gasteiger charge is 2.14. The van der Waals surface area contributed by atoms with Gasteiger partial charge in [0.2, 0.25) is 5.82 Å². The molecule has 0 aliphatic carbocycles. The Balaban J connectivity index is 2.33.